The summed E-state index contributed by atoms with van der Waals surface area (Å²) in [6.07, 6.45) is -0.521. The van der Waals surface area contributed by atoms with Crippen LogP contribution in [0.4, 0.5) is 8.78 Å². The van der Waals surface area contributed by atoms with Gasteiger partial charge in [-0.1, -0.05) is 23.7 Å². The lowest BCUT2D eigenvalue weighted by molar-refractivity contribution is 0.0668. The number of hydrogen-bond acceptors (Lipinski definition) is 4. The van der Waals surface area contributed by atoms with Crippen LogP contribution < -0.4 is 9.47 Å². The summed E-state index contributed by atoms with van der Waals surface area (Å²) in [6, 6.07) is 15.6. The maximum absolute atomic E-state index is 14.5. The van der Waals surface area contributed by atoms with Gasteiger partial charge in [0.05, 0.1) is 11.7 Å². The van der Waals surface area contributed by atoms with Gasteiger partial charge >= 0.3 is 0 Å². The molecule has 1 atom stereocenters. The highest BCUT2D eigenvalue weighted by molar-refractivity contribution is 6.30. The lowest BCUT2D eigenvalue weighted by Crippen LogP contribution is -2.49. The van der Waals surface area contributed by atoms with Crippen LogP contribution in [0.3, 0.4) is 0 Å². The Hall–Kier alpha value is -3.09. The molecule has 0 amide bonds. The number of likely N-dealkylation sites (tertiary alicyclic amines) is 1. The van der Waals surface area contributed by atoms with Crippen LogP contribution in [0.5, 0.6) is 17.2 Å². The fraction of sp³-hybridized carbons (Fsp3) is 0.310. The van der Waals surface area contributed by atoms with E-state index in [0.717, 1.165) is 53.2 Å². The number of phenols is 1. The third-order valence-electron chi connectivity index (χ3n) is 6.96. The maximum atomic E-state index is 14.5. The molecule has 0 radical (unpaired) electrons. The lowest BCUT2D eigenvalue weighted by Gasteiger charge is -2.37. The summed E-state index contributed by atoms with van der Waals surface area (Å²) in [6.45, 7) is 6.56. The SMILES string of the molecule is CC1=C(c2ccc(Cl)c(F)c2)C(c2ccc(OCCN3CC(CF)C3)cc2C)Oc2cc(O)ccc21. The summed E-state index contributed by atoms with van der Waals surface area (Å²) in [5.41, 5.74) is 5.16. The van der Waals surface area contributed by atoms with Crippen molar-refractivity contribution in [1.29, 1.82) is 0 Å². The minimum atomic E-state index is -0.521. The molecule has 0 aliphatic carbocycles. The van der Waals surface area contributed by atoms with Crippen LogP contribution in [0.25, 0.3) is 11.1 Å². The number of halogens is 3. The average Bonchev–Trinajstić information content (AvgIpc) is 2.82. The van der Waals surface area contributed by atoms with E-state index in [2.05, 4.69) is 4.90 Å². The second kappa shape index (κ2) is 10.1. The number of alkyl halides is 1. The number of ether oxygens (including phenoxy) is 2. The summed E-state index contributed by atoms with van der Waals surface area (Å²) in [5, 5.41) is 10.1. The molecule has 1 saturated heterocycles. The Morgan fingerprint density at radius 1 is 1.08 bits per heavy atom. The zero-order valence-corrected chi connectivity index (χ0v) is 21.0. The molecule has 2 heterocycles. The van der Waals surface area contributed by atoms with Gasteiger partial charge in [-0.05, 0) is 66.9 Å². The highest BCUT2D eigenvalue weighted by Gasteiger charge is 2.31. The van der Waals surface area contributed by atoms with Crippen LogP contribution in [-0.2, 0) is 0 Å². The zero-order valence-electron chi connectivity index (χ0n) is 20.2. The van der Waals surface area contributed by atoms with E-state index >= 15 is 0 Å². The van der Waals surface area contributed by atoms with E-state index in [1.807, 2.05) is 32.0 Å². The van der Waals surface area contributed by atoms with Crippen molar-refractivity contribution in [2.24, 2.45) is 5.92 Å². The number of hydrogen-bond donors (Lipinski definition) is 1. The number of rotatable bonds is 7. The van der Waals surface area contributed by atoms with Crippen molar-refractivity contribution in [3.05, 3.63) is 87.7 Å². The predicted octanol–water partition coefficient (Wildman–Crippen LogP) is 6.84. The molecule has 1 N–H and O–H groups in total. The van der Waals surface area contributed by atoms with Gasteiger partial charge in [-0.25, -0.2) is 4.39 Å². The number of nitrogens with zero attached hydrogens (tertiary/aromatic N) is 1. The first-order chi connectivity index (χ1) is 17.3. The fourth-order valence-corrected chi connectivity index (χ4v) is 5.10. The fourth-order valence-electron chi connectivity index (χ4n) is 4.98. The second-order valence-electron chi connectivity index (χ2n) is 9.49. The predicted molar refractivity (Wildman–Crippen MR) is 138 cm³/mol. The molecule has 2 aliphatic rings. The van der Waals surface area contributed by atoms with Gasteiger partial charge in [0.25, 0.3) is 0 Å². The molecule has 0 bridgehead atoms. The van der Waals surface area contributed by atoms with E-state index in [9.17, 15) is 13.9 Å². The summed E-state index contributed by atoms with van der Waals surface area (Å²) in [7, 11) is 0. The number of phenolic OH excluding ortho intramolecular Hbond substituents is 1. The second-order valence-corrected chi connectivity index (χ2v) is 9.90. The normalized spacial score (nSPS) is 18.0. The Morgan fingerprint density at radius 3 is 2.61 bits per heavy atom. The number of allylic oxidation sites excluding steroid dienone is 1. The molecule has 3 aromatic carbocycles. The molecule has 4 nitrogen and oxygen atoms in total. The molecular weight excluding hydrogens is 484 g/mol. The van der Waals surface area contributed by atoms with Crippen LogP contribution in [0, 0.1) is 18.7 Å². The molecule has 2 aliphatic heterocycles. The molecule has 188 valence electrons. The average molecular weight is 512 g/mol. The van der Waals surface area contributed by atoms with Crippen molar-refractivity contribution in [2.75, 3.05) is 32.9 Å². The van der Waals surface area contributed by atoms with Gasteiger partial charge in [0.1, 0.15) is 35.8 Å². The first-order valence-corrected chi connectivity index (χ1v) is 12.4. The van der Waals surface area contributed by atoms with E-state index in [1.54, 1.807) is 30.3 Å². The Morgan fingerprint density at radius 2 is 1.89 bits per heavy atom. The van der Waals surface area contributed by atoms with Gasteiger partial charge in [0.15, 0.2) is 0 Å². The molecule has 1 unspecified atom stereocenters. The van der Waals surface area contributed by atoms with E-state index in [1.165, 1.54) is 6.07 Å². The summed E-state index contributed by atoms with van der Waals surface area (Å²) in [5.74, 6) is 1.09. The lowest BCUT2D eigenvalue weighted by atomic mass is 9.85. The van der Waals surface area contributed by atoms with Gasteiger partial charge in [0.2, 0.25) is 0 Å². The van der Waals surface area contributed by atoms with Crippen LogP contribution in [0.15, 0.2) is 54.6 Å². The van der Waals surface area contributed by atoms with Gasteiger partial charge in [-0.3, -0.25) is 9.29 Å². The van der Waals surface area contributed by atoms with Crippen LogP contribution in [0.2, 0.25) is 5.02 Å². The third-order valence-corrected chi connectivity index (χ3v) is 7.27. The van der Waals surface area contributed by atoms with E-state index in [-0.39, 0.29) is 23.4 Å². The molecule has 5 rings (SSSR count). The van der Waals surface area contributed by atoms with Crippen molar-refractivity contribution in [2.45, 2.75) is 20.0 Å². The highest BCUT2D eigenvalue weighted by atomic mass is 35.5. The highest BCUT2D eigenvalue weighted by Crippen LogP contribution is 2.48. The standard InChI is InChI=1S/C29H28ClF2NO3/c1-17-11-22(35-10-9-33-15-19(14-31)16-33)5-7-23(17)29-28(20-3-8-25(30)26(32)12-20)18(2)24-6-4-21(34)13-27(24)36-29/h3-8,11-13,19,29,34H,9-10,14-16H2,1-2H3. The molecule has 0 spiro atoms. The molecule has 0 aromatic heterocycles. The smallest absolute Gasteiger partial charge is 0.150 e. The maximum Gasteiger partial charge on any atom is 0.150 e. The van der Waals surface area contributed by atoms with Gasteiger partial charge in [-0.2, -0.15) is 0 Å². The Balaban J connectivity index is 1.44. The van der Waals surface area contributed by atoms with Crippen molar-refractivity contribution in [3.8, 4) is 17.2 Å². The quantitative estimate of drug-likeness (QED) is 0.377. The van der Waals surface area contributed by atoms with Crippen molar-refractivity contribution in [1.82, 2.24) is 4.90 Å². The largest absolute Gasteiger partial charge is 0.508 e. The van der Waals surface area contributed by atoms with Crippen LogP contribution in [0.1, 0.15) is 35.3 Å². The van der Waals surface area contributed by atoms with E-state index < -0.39 is 11.9 Å². The van der Waals surface area contributed by atoms with E-state index in [0.29, 0.717) is 17.9 Å². The first-order valence-electron chi connectivity index (χ1n) is 12.0. The molecule has 1 fully saturated rings. The molecule has 36 heavy (non-hydrogen) atoms. The van der Waals surface area contributed by atoms with Crippen molar-refractivity contribution >= 4 is 22.7 Å². The number of aryl methyl sites for hydroxylation is 1. The minimum absolute atomic E-state index is 0.0618. The van der Waals surface area contributed by atoms with Gasteiger partial charge < -0.3 is 14.6 Å². The molecular formula is C29H28ClF2NO3. The third kappa shape index (κ3) is 4.80. The van der Waals surface area contributed by atoms with E-state index in [4.69, 9.17) is 21.1 Å². The van der Waals surface area contributed by atoms with Crippen LogP contribution in [-0.4, -0.2) is 42.9 Å². The zero-order chi connectivity index (χ0) is 25.4. The topological polar surface area (TPSA) is 41.9 Å². The molecule has 3 aromatic rings. The van der Waals surface area contributed by atoms with Crippen molar-refractivity contribution < 1.29 is 23.4 Å². The van der Waals surface area contributed by atoms with Gasteiger partial charge in [0, 0.05) is 48.3 Å². The Kier molecular flexibility index (Phi) is 6.91. The van der Waals surface area contributed by atoms with Crippen molar-refractivity contribution in [3.63, 3.8) is 0 Å². The first kappa shape index (κ1) is 24.6. The molecule has 0 saturated carbocycles. The Bertz CT molecular complexity index is 1320. The van der Waals surface area contributed by atoms with Gasteiger partial charge in [-0.15, -0.1) is 0 Å². The summed E-state index contributed by atoms with van der Waals surface area (Å²) in [4.78, 5) is 2.18. The minimum Gasteiger partial charge on any atom is -0.508 e. The number of aromatic hydroxyl groups is 1. The summed E-state index contributed by atoms with van der Waals surface area (Å²) >= 11 is 5.96. The Labute approximate surface area is 214 Å². The molecule has 7 heteroatoms. The monoisotopic (exact) mass is 511 g/mol. The number of fused-ring (bicyclic) bond motifs is 1. The summed E-state index contributed by atoms with van der Waals surface area (Å²) < 4.78 is 39.5. The van der Waals surface area contributed by atoms with Crippen LogP contribution >= 0.6 is 11.6 Å². The number of benzene rings is 3.